The van der Waals surface area contributed by atoms with Crippen LogP contribution in [-0.4, -0.2) is 35.7 Å². The number of thiophene rings is 2. The minimum atomic E-state index is -0.562. The van der Waals surface area contributed by atoms with Gasteiger partial charge in [-0.05, 0) is 38.1 Å². The molecular weight excluding hydrogens is 436 g/mol. The van der Waals surface area contributed by atoms with Crippen molar-refractivity contribution in [3.05, 3.63) is 43.8 Å². The van der Waals surface area contributed by atoms with Gasteiger partial charge in [0.25, 0.3) is 0 Å². The van der Waals surface area contributed by atoms with Gasteiger partial charge in [-0.15, -0.1) is 22.7 Å². The van der Waals surface area contributed by atoms with E-state index in [1.54, 1.807) is 11.3 Å². The number of hydrogen-bond donors (Lipinski definition) is 1. The molecule has 0 aliphatic rings. The number of esters is 2. The lowest BCUT2D eigenvalue weighted by molar-refractivity contribution is -0.193. The van der Waals surface area contributed by atoms with Gasteiger partial charge in [0.05, 0.1) is 6.21 Å². The molecule has 0 aliphatic carbocycles. The number of aryl methyl sites for hydroxylation is 2. The minimum absolute atomic E-state index is 0.250. The van der Waals surface area contributed by atoms with E-state index < -0.39 is 11.9 Å². The Hall–Kier alpha value is -3.74. The van der Waals surface area contributed by atoms with E-state index in [0.717, 1.165) is 9.75 Å². The van der Waals surface area contributed by atoms with Gasteiger partial charge >= 0.3 is 24.2 Å². The Morgan fingerprint density at radius 1 is 0.967 bits per heavy atom. The van der Waals surface area contributed by atoms with Crippen molar-refractivity contribution in [2.75, 3.05) is 0 Å². The van der Waals surface area contributed by atoms with E-state index in [9.17, 15) is 9.59 Å². The van der Waals surface area contributed by atoms with E-state index in [0.29, 0.717) is 0 Å². The van der Waals surface area contributed by atoms with Crippen molar-refractivity contribution in [2.45, 2.75) is 27.7 Å². The highest BCUT2D eigenvalue weighted by Crippen LogP contribution is 2.12. The van der Waals surface area contributed by atoms with Gasteiger partial charge < -0.3 is 9.94 Å². The molecule has 0 unspecified atom stereocenters. The molecule has 30 heavy (non-hydrogen) atoms. The average Bonchev–Trinajstić information content (AvgIpc) is 3.24. The van der Waals surface area contributed by atoms with E-state index in [4.69, 9.17) is 29.6 Å². The second kappa shape index (κ2) is 21.6. The highest BCUT2D eigenvalue weighted by atomic mass is 32.1. The van der Waals surface area contributed by atoms with Crippen LogP contribution in [0.2, 0.25) is 0 Å². The van der Waals surface area contributed by atoms with Gasteiger partial charge in [0.2, 0.25) is 0 Å². The third-order valence-corrected chi connectivity index (χ3v) is 3.92. The number of nitrogens with zero attached hydrogens (tertiary/aromatic N) is 2. The molecule has 1 N–H and O–H groups in total. The van der Waals surface area contributed by atoms with Crippen LogP contribution in [0.15, 0.2) is 29.4 Å². The molecule has 160 valence electrons. The van der Waals surface area contributed by atoms with Gasteiger partial charge in [-0.3, -0.25) is 9.59 Å². The lowest BCUT2D eigenvalue weighted by atomic mass is 10.4. The van der Waals surface area contributed by atoms with Crippen LogP contribution in [-0.2, 0) is 33.5 Å². The number of carbonyl (C=O) groups is 2. The first kappa shape index (κ1) is 31.0. The quantitative estimate of drug-likeness (QED) is 0.224. The molecule has 12 heteroatoms. The summed E-state index contributed by atoms with van der Waals surface area (Å²) in [6.45, 7) is 6.37. The zero-order valence-electron chi connectivity index (χ0n) is 16.4. The largest absolute Gasteiger partial charge is 0.411 e. The van der Waals surface area contributed by atoms with E-state index in [1.165, 1.54) is 41.2 Å². The smallest absolute Gasteiger partial charge is 0.373 e. The van der Waals surface area contributed by atoms with Gasteiger partial charge in [0.1, 0.15) is 10.9 Å². The molecule has 0 bridgehead atoms. The summed E-state index contributed by atoms with van der Waals surface area (Å²) in [5, 5.41) is 19.3. The molecule has 0 saturated carbocycles. The van der Waals surface area contributed by atoms with Gasteiger partial charge in [0, 0.05) is 28.5 Å². The molecule has 0 atom stereocenters. The molecule has 2 aromatic rings. The molecule has 0 fully saturated rings. The Labute approximate surface area is 180 Å². The highest BCUT2D eigenvalue weighted by Gasteiger charge is 1.93. The van der Waals surface area contributed by atoms with Crippen molar-refractivity contribution in [1.82, 2.24) is 0 Å². The second-order valence-electron chi connectivity index (χ2n) is 4.47. The van der Waals surface area contributed by atoms with Crippen LogP contribution in [0.1, 0.15) is 33.4 Å². The van der Waals surface area contributed by atoms with Crippen LogP contribution in [0, 0.1) is 25.2 Å². The number of ether oxygens (including phenoxy) is 1. The number of hydrogen-bond acceptors (Lipinski definition) is 12. The summed E-state index contributed by atoms with van der Waals surface area (Å²) in [7, 11) is 0. The van der Waals surface area contributed by atoms with E-state index >= 15 is 0 Å². The molecule has 0 radical (unpaired) electrons. The lowest BCUT2D eigenvalue weighted by Gasteiger charge is -1.87. The summed E-state index contributed by atoms with van der Waals surface area (Å²) in [4.78, 5) is 56.3. The van der Waals surface area contributed by atoms with Crippen molar-refractivity contribution in [3.63, 3.8) is 0 Å². The van der Waals surface area contributed by atoms with Crippen molar-refractivity contribution >= 4 is 53.1 Å². The van der Waals surface area contributed by atoms with Crippen molar-refractivity contribution in [2.24, 2.45) is 5.16 Å². The summed E-state index contributed by atoms with van der Waals surface area (Å²) in [6.07, 6.45) is 1.93. The summed E-state index contributed by atoms with van der Waals surface area (Å²) in [6, 6.07) is 9.75. The van der Waals surface area contributed by atoms with Crippen LogP contribution in [0.25, 0.3) is 0 Å². The average molecular weight is 454 g/mol. The number of nitriles is 1. The summed E-state index contributed by atoms with van der Waals surface area (Å²) < 4.78 is 3.97. The predicted molar refractivity (Wildman–Crippen MR) is 105 cm³/mol. The van der Waals surface area contributed by atoms with Crippen molar-refractivity contribution < 1.29 is 38.7 Å². The molecule has 0 spiro atoms. The van der Waals surface area contributed by atoms with Gasteiger partial charge in [-0.1, -0.05) is 5.16 Å². The van der Waals surface area contributed by atoms with E-state index in [1.807, 2.05) is 38.1 Å². The first-order valence-corrected chi connectivity index (χ1v) is 9.12. The summed E-state index contributed by atoms with van der Waals surface area (Å²) >= 11 is 3.13. The van der Waals surface area contributed by atoms with Crippen molar-refractivity contribution in [1.29, 1.82) is 5.26 Å². The third kappa shape index (κ3) is 24.3. The lowest BCUT2D eigenvalue weighted by Crippen LogP contribution is -2.03. The number of oxime groups is 1. The Balaban J connectivity index is -0.000000324. The van der Waals surface area contributed by atoms with Gasteiger partial charge in [-0.25, -0.2) is 0 Å². The normalized spacial score (nSPS) is 7.83. The summed E-state index contributed by atoms with van der Waals surface area (Å²) in [5.74, 6) is -1.12. The molecule has 0 amide bonds. The Bertz CT molecular complexity index is 873. The van der Waals surface area contributed by atoms with Crippen LogP contribution in [0.3, 0.4) is 0 Å². The molecular formula is C18H18N2O8S2. The molecule has 2 rings (SSSR count). The Morgan fingerprint density at radius 3 is 1.60 bits per heavy atom. The first-order chi connectivity index (χ1) is 14.1. The SMILES string of the molecule is CC(=O)OC(C)=O.Cc1ccc(/C=N/O)s1.Cc1ccc(C#N)s1.O=C=O.O=C=O. The fraction of sp³-hybridized carbons (Fsp3) is 0.222. The van der Waals surface area contributed by atoms with E-state index in [2.05, 4.69) is 16.0 Å². The fourth-order valence-electron chi connectivity index (χ4n) is 1.28. The minimum Gasteiger partial charge on any atom is -0.411 e. The topological polar surface area (TPSA) is 168 Å². The third-order valence-electron chi connectivity index (χ3n) is 2.08. The molecule has 2 heterocycles. The number of rotatable bonds is 1. The zero-order chi connectivity index (χ0) is 23.9. The van der Waals surface area contributed by atoms with Crippen LogP contribution in [0.4, 0.5) is 0 Å². The summed E-state index contributed by atoms with van der Waals surface area (Å²) in [5.41, 5.74) is 0. The van der Waals surface area contributed by atoms with Gasteiger partial charge in [0.15, 0.2) is 0 Å². The Morgan fingerprint density at radius 2 is 1.40 bits per heavy atom. The van der Waals surface area contributed by atoms with Gasteiger partial charge in [-0.2, -0.15) is 24.4 Å². The maximum atomic E-state index is 9.81. The molecule has 2 aromatic heterocycles. The van der Waals surface area contributed by atoms with Crippen molar-refractivity contribution in [3.8, 4) is 6.07 Å². The Kier molecular flexibility index (Phi) is 22.3. The maximum absolute atomic E-state index is 9.81. The molecule has 0 saturated heterocycles. The monoisotopic (exact) mass is 454 g/mol. The zero-order valence-corrected chi connectivity index (χ0v) is 18.0. The maximum Gasteiger partial charge on any atom is 0.373 e. The molecule has 10 nitrogen and oxygen atoms in total. The van der Waals surface area contributed by atoms with E-state index in [-0.39, 0.29) is 12.3 Å². The molecule has 0 aliphatic heterocycles. The van der Waals surface area contributed by atoms with Crippen LogP contribution >= 0.6 is 22.7 Å². The molecule has 0 aromatic carbocycles. The number of carbonyl (C=O) groups excluding carboxylic acids is 6. The van der Waals surface area contributed by atoms with Crippen LogP contribution in [0.5, 0.6) is 0 Å². The first-order valence-electron chi connectivity index (χ1n) is 7.49. The fourth-order valence-corrected chi connectivity index (χ4v) is 2.69. The highest BCUT2D eigenvalue weighted by molar-refractivity contribution is 7.13. The second-order valence-corrected chi connectivity index (χ2v) is 7.07. The standard InChI is InChI=1S/C6H7NOS.C6H5NS.C4H6O3.2CO2/c1-5-2-3-6(9-5)4-7-8;1-5-2-3-6(4-7)8-5;1-3(5)7-4(2)6;2*2-1-3/h2-4,8H,1H3;2-3H,1H3;1-2H3;;/b7-4+;;;;. The predicted octanol–water partition coefficient (Wildman–Crippen LogP) is 2.72. The van der Waals surface area contributed by atoms with Crippen LogP contribution < -0.4 is 0 Å².